The van der Waals surface area contributed by atoms with Crippen LogP contribution < -0.4 is 4.74 Å². The maximum absolute atomic E-state index is 10.5. The normalized spacial score (nSPS) is 10.9. The largest absolute Gasteiger partial charge is 0.508 e. The third-order valence-corrected chi connectivity index (χ3v) is 5.74. The first-order valence-electron chi connectivity index (χ1n) is 11.1. The molecule has 6 N–H and O–H groups in total. The fourth-order valence-electron chi connectivity index (χ4n) is 3.81. The second kappa shape index (κ2) is 10.2. The molecule has 35 heavy (non-hydrogen) atoms. The van der Waals surface area contributed by atoms with E-state index in [2.05, 4.69) is 0 Å². The Hall–Kier alpha value is -4.52. The Morgan fingerprint density at radius 3 is 1.77 bits per heavy atom. The Kier molecular flexibility index (Phi) is 6.87. The monoisotopic (exact) mass is 474 g/mol. The summed E-state index contributed by atoms with van der Waals surface area (Å²) >= 11 is 0. The van der Waals surface area contributed by atoms with Gasteiger partial charge in [0.25, 0.3) is 0 Å². The van der Waals surface area contributed by atoms with E-state index in [0.29, 0.717) is 31.2 Å². The molecule has 0 radical (unpaired) electrons. The predicted molar refractivity (Wildman–Crippen MR) is 131 cm³/mol. The van der Waals surface area contributed by atoms with Gasteiger partial charge in [-0.15, -0.1) is 0 Å². The van der Waals surface area contributed by atoms with E-state index in [4.69, 9.17) is 4.74 Å². The van der Waals surface area contributed by atoms with Gasteiger partial charge in [-0.2, -0.15) is 0 Å². The molecule has 0 atom stereocenters. The quantitative estimate of drug-likeness (QED) is 0.192. The summed E-state index contributed by atoms with van der Waals surface area (Å²) in [7, 11) is 0. The fraction of sp³-hybridized carbons (Fsp3) is 0.143. The van der Waals surface area contributed by atoms with Crippen molar-refractivity contribution in [2.24, 2.45) is 0 Å². The zero-order chi connectivity index (χ0) is 24.9. The molecule has 0 aliphatic carbocycles. The van der Waals surface area contributed by atoms with E-state index < -0.39 is 0 Å². The van der Waals surface area contributed by atoms with E-state index >= 15 is 0 Å². The molecule has 0 aliphatic rings. The molecule has 4 aromatic rings. The third kappa shape index (κ3) is 5.89. The lowest BCUT2D eigenvalue weighted by molar-refractivity contribution is 0.380. The summed E-state index contributed by atoms with van der Waals surface area (Å²) in [5.41, 5.74) is 3.13. The Morgan fingerprint density at radius 1 is 0.457 bits per heavy atom. The highest BCUT2D eigenvalue weighted by Crippen LogP contribution is 2.39. The molecule has 0 unspecified atom stereocenters. The van der Waals surface area contributed by atoms with E-state index in [1.165, 1.54) is 24.3 Å². The summed E-state index contributed by atoms with van der Waals surface area (Å²) in [5.74, 6) is -0.384. The first kappa shape index (κ1) is 23.6. The van der Waals surface area contributed by atoms with Crippen LogP contribution in [0, 0.1) is 0 Å². The summed E-state index contributed by atoms with van der Waals surface area (Å²) < 4.78 is 5.74. The van der Waals surface area contributed by atoms with Crippen molar-refractivity contribution in [3.8, 4) is 46.0 Å². The van der Waals surface area contributed by atoms with Crippen LogP contribution in [0.1, 0.15) is 22.3 Å². The summed E-state index contributed by atoms with van der Waals surface area (Å²) in [6.45, 7) is 0. The second-order valence-electron chi connectivity index (χ2n) is 8.35. The van der Waals surface area contributed by atoms with Gasteiger partial charge in [-0.05, 0) is 90.4 Å². The minimum absolute atomic E-state index is 0.0742. The maximum atomic E-state index is 10.5. The molecule has 0 saturated carbocycles. The Morgan fingerprint density at radius 2 is 1.09 bits per heavy atom. The van der Waals surface area contributed by atoms with Gasteiger partial charge in [-0.3, -0.25) is 0 Å². The number of ether oxygens (including phenoxy) is 1. The number of aryl methyl sites for hydroxylation is 4. The van der Waals surface area contributed by atoms with Crippen LogP contribution in [0.15, 0.2) is 72.8 Å². The van der Waals surface area contributed by atoms with E-state index in [9.17, 15) is 30.6 Å². The van der Waals surface area contributed by atoms with Crippen LogP contribution in [0.5, 0.6) is 46.0 Å². The number of phenols is 6. The smallest absolute Gasteiger partial charge is 0.169 e. The number of rotatable bonds is 8. The van der Waals surface area contributed by atoms with Crippen LogP contribution in [0.25, 0.3) is 0 Å². The van der Waals surface area contributed by atoms with Gasteiger partial charge in [0, 0.05) is 6.07 Å². The Labute approximate surface area is 202 Å². The van der Waals surface area contributed by atoms with Crippen molar-refractivity contribution in [2.45, 2.75) is 25.7 Å². The third-order valence-electron chi connectivity index (χ3n) is 5.74. The molecule has 7 heteroatoms. The van der Waals surface area contributed by atoms with Gasteiger partial charge in [0.15, 0.2) is 34.5 Å². The number of hydrogen-bond donors (Lipinski definition) is 6. The zero-order valence-electron chi connectivity index (χ0n) is 18.8. The molecule has 0 aromatic heterocycles. The van der Waals surface area contributed by atoms with Crippen molar-refractivity contribution in [3.63, 3.8) is 0 Å². The highest BCUT2D eigenvalue weighted by atomic mass is 16.5. The lowest BCUT2D eigenvalue weighted by Crippen LogP contribution is -1.95. The molecule has 180 valence electrons. The molecule has 0 saturated heterocycles. The molecular formula is C28H26O7. The highest BCUT2D eigenvalue weighted by molar-refractivity contribution is 5.53. The van der Waals surface area contributed by atoms with Gasteiger partial charge >= 0.3 is 0 Å². The fourth-order valence-corrected chi connectivity index (χ4v) is 3.81. The van der Waals surface area contributed by atoms with Crippen LogP contribution in [0.2, 0.25) is 0 Å². The first-order valence-corrected chi connectivity index (χ1v) is 11.1. The van der Waals surface area contributed by atoms with E-state index in [1.54, 1.807) is 42.5 Å². The molecule has 0 bridgehead atoms. The van der Waals surface area contributed by atoms with Gasteiger partial charge in [0.1, 0.15) is 11.5 Å². The minimum atomic E-state index is -0.265. The lowest BCUT2D eigenvalue weighted by Gasteiger charge is -2.13. The maximum Gasteiger partial charge on any atom is 0.169 e. The lowest BCUT2D eigenvalue weighted by atomic mass is 10.0. The molecule has 0 aliphatic heterocycles. The first-order chi connectivity index (χ1) is 16.8. The number of aromatic hydroxyl groups is 6. The molecule has 0 fully saturated rings. The summed E-state index contributed by atoms with van der Waals surface area (Å²) in [6, 6.07) is 19.2. The number of hydrogen-bond acceptors (Lipinski definition) is 7. The van der Waals surface area contributed by atoms with Crippen LogP contribution in [-0.4, -0.2) is 30.6 Å². The predicted octanol–water partition coefficient (Wildman–Crippen LogP) is 5.28. The molecular weight excluding hydrogens is 448 g/mol. The second-order valence-corrected chi connectivity index (χ2v) is 8.35. The van der Waals surface area contributed by atoms with Crippen molar-refractivity contribution < 1.29 is 35.4 Å². The van der Waals surface area contributed by atoms with Crippen molar-refractivity contribution in [1.29, 1.82) is 0 Å². The SMILES string of the molecule is Oc1cccc(CCc2cc(Oc3ccc(CCc4ccc(O)c(O)c4)cc3O)c(O)cc2O)c1. The van der Waals surface area contributed by atoms with Crippen LogP contribution in [-0.2, 0) is 25.7 Å². The molecule has 4 rings (SSSR count). The van der Waals surface area contributed by atoms with Gasteiger partial charge in [0.05, 0.1) is 0 Å². The van der Waals surface area contributed by atoms with Crippen LogP contribution in [0.3, 0.4) is 0 Å². The molecule has 7 nitrogen and oxygen atoms in total. The van der Waals surface area contributed by atoms with Gasteiger partial charge < -0.3 is 35.4 Å². The van der Waals surface area contributed by atoms with Crippen LogP contribution in [0.4, 0.5) is 0 Å². The molecule has 0 amide bonds. The average Bonchev–Trinajstić information content (AvgIpc) is 2.82. The van der Waals surface area contributed by atoms with Gasteiger partial charge in [0.2, 0.25) is 0 Å². The summed E-state index contributed by atoms with van der Waals surface area (Å²) in [4.78, 5) is 0. The molecule has 0 spiro atoms. The zero-order valence-corrected chi connectivity index (χ0v) is 18.8. The average molecular weight is 475 g/mol. The summed E-state index contributed by atoms with van der Waals surface area (Å²) in [6.07, 6.45) is 2.19. The molecule has 4 aromatic carbocycles. The van der Waals surface area contributed by atoms with Crippen molar-refractivity contribution in [1.82, 2.24) is 0 Å². The van der Waals surface area contributed by atoms with Crippen LogP contribution >= 0.6 is 0 Å². The van der Waals surface area contributed by atoms with Gasteiger partial charge in [-0.1, -0.05) is 24.3 Å². The topological polar surface area (TPSA) is 131 Å². The number of benzene rings is 4. The Bertz CT molecular complexity index is 1350. The standard InChI is InChI=1S/C28H26O7/c29-21-3-1-2-17(12-21)6-9-20-15-28(26(34)16-23(20)31)35-27-11-8-19(14-25(27)33)5-4-18-7-10-22(30)24(32)13-18/h1-3,7-8,10-16,29-34H,4-6,9H2. The van der Waals surface area contributed by atoms with Crippen molar-refractivity contribution in [2.75, 3.05) is 0 Å². The minimum Gasteiger partial charge on any atom is -0.508 e. The van der Waals surface area contributed by atoms with Crippen molar-refractivity contribution >= 4 is 0 Å². The Balaban J connectivity index is 1.45. The highest BCUT2D eigenvalue weighted by Gasteiger charge is 2.14. The van der Waals surface area contributed by atoms with E-state index in [0.717, 1.165) is 16.7 Å². The molecule has 0 heterocycles. The van der Waals surface area contributed by atoms with Gasteiger partial charge in [-0.25, -0.2) is 0 Å². The number of phenolic OH excluding ortho intramolecular Hbond substituents is 6. The summed E-state index contributed by atoms with van der Waals surface area (Å²) in [5, 5.41) is 59.6. The van der Waals surface area contributed by atoms with E-state index in [-0.39, 0.29) is 46.0 Å². The van der Waals surface area contributed by atoms with Crippen molar-refractivity contribution in [3.05, 3.63) is 95.1 Å². The van der Waals surface area contributed by atoms with E-state index in [1.807, 2.05) is 6.07 Å².